The highest BCUT2D eigenvalue weighted by atomic mass is 16.5. The number of aromatic nitrogens is 1. The number of esters is 1. The molecule has 1 atom stereocenters. The molecule has 1 amide bonds. The molecular formula is C22H25N3O4. The van der Waals surface area contributed by atoms with Crippen LogP contribution in [0.15, 0.2) is 35.1 Å². The van der Waals surface area contributed by atoms with E-state index in [9.17, 15) is 14.4 Å². The molecule has 29 heavy (non-hydrogen) atoms. The molecule has 0 radical (unpaired) electrons. The fourth-order valence-corrected chi connectivity index (χ4v) is 3.20. The summed E-state index contributed by atoms with van der Waals surface area (Å²) in [6.45, 7) is 5.38. The van der Waals surface area contributed by atoms with Crippen LogP contribution in [-0.4, -0.2) is 34.9 Å². The zero-order valence-corrected chi connectivity index (χ0v) is 17.1. The number of benzene rings is 1. The Bertz CT molecular complexity index is 990. The number of aromatic amines is 1. The summed E-state index contributed by atoms with van der Waals surface area (Å²) in [4.78, 5) is 40.6. The van der Waals surface area contributed by atoms with Crippen LogP contribution in [0.4, 0.5) is 0 Å². The summed E-state index contributed by atoms with van der Waals surface area (Å²) in [7, 11) is 1.66. The van der Waals surface area contributed by atoms with Crippen molar-refractivity contribution in [2.24, 2.45) is 0 Å². The average molecular weight is 395 g/mol. The predicted octanol–water partition coefficient (Wildman–Crippen LogP) is 2.39. The number of likely N-dealkylation sites (N-methyl/N-ethyl adjacent to an activating group) is 1. The molecular weight excluding hydrogens is 370 g/mol. The van der Waals surface area contributed by atoms with Crippen LogP contribution >= 0.6 is 0 Å². The standard InChI is InChI=1S/C22H25N3O4/c1-14-18(15(2)24-21(27)19(14)12-23)10-11-20(26)29-16(3)22(28)25(4)13-17-8-6-5-7-9-17/h5-9,16H,10-11,13H2,1-4H3,(H,24,27)/t16-/m1/s1. The normalized spacial score (nSPS) is 11.4. The third kappa shape index (κ3) is 5.55. The molecule has 152 valence electrons. The van der Waals surface area contributed by atoms with Gasteiger partial charge in [0.15, 0.2) is 6.10 Å². The number of amides is 1. The number of carbonyl (C=O) groups excluding carboxylic acids is 2. The second kappa shape index (κ2) is 9.69. The van der Waals surface area contributed by atoms with Gasteiger partial charge in [-0.05, 0) is 43.9 Å². The number of hydrogen-bond acceptors (Lipinski definition) is 5. The third-order valence-electron chi connectivity index (χ3n) is 4.79. The Kier molecular flexibility index (Phi) is 7.32. The van der Waals surface area contributed by atoms with Crippen LogP contribution in [0.2, 0.25) is 0 Å². The molecule has 1 aromatic heterocycles. The maximum absolute atomic E-state index is 12.5. The molecule has 7 nitrogen and oxygen atoms in total. The van der Waals surface area contributed by atoms with E-state index in [0.29, 0.717) is 24.2 Å². The molecule has 7 heteroatoms. The van der Waals surface area contributed by atoms with Crippen molar-refractivity contribution >= 4 is 11.9 Å². The van der Waals surface area contributed by atoms with Crippen LogP contribution in [0.3, 0.4) is 0 Å². The lowest BCUT2D eigenvalue weighted by molar-refractivity contribution is -0.158. The van der Waals surface area contributed by atoms with Gasteiger partial charge in [-0.1, -0.05) is 30.3 Å². The van der Waals surface area contributed by atoms with E-state index in [0.717, 1.165) is 11.1 Å². The number of carbonyl (C=O) groups is 2. The molecule has 0 saturated carbocycles. The molecule has 2 rings (SSSR count). The topological polar surface area (TPSA) is 103 Å². The van der Waals surface area contributed by atoms with Crippen LogP contribution in [0.1, 0.15) is 41.3 Å². The zero-order valence-electron chi connectivity index (χ0n) is 17.1. The van der Waals surface area contributed by atoms with Crippen LogP contribution in [0.5, 0.6) is 0 Å². The summed E-state index contributed by atoms with van der Waals surface area (Å²) >= 11 is 0. The van der Waals surface area contributed by atoms with Crippen molar-refractivity contribution in [3.63, 3.8) is 0 Å². The molecule has 0 aliphatic rings. The summed E-state index contributed by atoms with van der Waals surface area (Å²) in [6, 6.07) is 11.4. The average Bonchev–Trinajstić information content (AvgIpc) is 2.67. The Morgan fingerprint density at radius 2 is 1.90 bits per heavy atom. The fraction of sp³-hybridized carbons (Fsp3) is 0.364. The first-order chi connectivity index (χ1) is 13.7. The summed E-state index contributed by atoms with van der Waals surface area (Å²) in [5.41, 5.74) is 2.51. The minimum atomic E-state index is -0.899. The first kappa shape index (κ1) is 21.9. The molecule has 0 fully saturated rings. The quantitative estimate of drug-likeness (QED) is 0.725. The Balaban J connectivity index is 1.95. The summed E-state index contributed by atoms with van der Waals surface area (Å²) in [6.07, 6.45) is -0.551. The van der Waals surface area contributed by atoms with Crippen molar-refractivity contribution in [3.05, 3.63) is 68.6 Å². The number of nitriles is 1. The van der Waals surface area contributed by atoms with E-state index in [1.54, 1.807) is 27.8 Å². The Hall–Kier alpha value is -3.40. The van der Waals surface area contributed by atoms with Crippen molar-refractivity contribution in [2.45, 2.75) is 46.3 Å². The third-order valence-corrected chi connectivity index (χ3v) is 4.79. The first-order valence-corrected chi connectivity index (χ1v) is 9.35. The molecule has 0 aliphatic carbocycles. The first-order valence-electron chi connectivity index (χ1n) is 9.35. The molecule has 1 aromatic carbocycles. The monoisotopic (exact) mass is 395 g/mol. The summed E-state index contributed by atoms with van der Waals surface area (Å²) in [5, 5.41) is 9.13. The van der Waals surface area contributed by atoms with Crippen molar-refractivity contribution in [1.82, 2.24) is 9.88 Å². The molecule has 2 aromatic rings. The van der Waals surface area contributed by atoms with E-state index in [1.807, 2.05) is 36.4 Å². The highest BCUT2D eigenvalue weighted by molar-refractivity contribution is 5.83. The number of aryl methyl sites for hydroxylation is 1. The lowest BCUT2D eigenvalue weighted by atomic mass is 9.99. The maximum Gasteiger partial charge on any atom is 0.306 e. The molecule has 1 heterocycles. The number of H-pyrrole nitrogens is 1. The minimum Gasteiger partial charge on any atom is -0.453 e. The van der Waals surface area contributed by atoms with Gasteiger partial charge < -0.3 is 14.6 Å². The van der Waals surface area contributed by atoms with Crippen molar-refractivity contribution in [2.75, 3.05) is 7.05 Å². The van der Waals surface area contributed by atoms with E-state index in [-0.39, 0.29) is 17.9 Å². The van der Waals surface area contributed by atoms with Gasteiger partial charge in [0.1, 0.15) is 11.6 Å². The summed E-state index contributed by atoms with van der Waals surface area (Å²) < 4.78 is 5.29. The second-order valence-electron chi connectivity index (χ2n) is 6.98. The van der Waals surface area contributed by atoms with Crippen LogP contribution in [-0.2, 0) is 27.3 Å². The Labute approximate surface area is 169 Å². The van der Waals surface area contributed by atoms with E-state index in [1.165, 1.54) is 4.90 Å². The van der Waals surface area contributed by atoms with Gasteiger partial charge in [-0.3, -0.25) is 14.4 Å². The van der Waals surface area contributed by atoms with E-state index >= 15 is 0 Å². The number of pyridine rings is 1. The van der Waals surface area contributed by atoms with Crippen molar-refractivity contribution in [1.29, 1.82) is 5.26 Å². The SMILES string of the molecule is Cc1[nH]c(=O)c(C#N)c(C)c1CCC(=O)O[C@H](C)C(=O)N(C)Cc1ccccc1. The van der Waals surface area contributed by atoms with Gasteiger partial charge in [-0.25, -0.2) is 0 Å². The molecule has 0 bridgehead atoms. The number of nitrogens with one attached hydrogen (secondary N) is 1. The van der Waals surface area contributed by atoms with Gasteiger partial charge in [0.05, 0.1) is 0 Å². The van der Waals surface area contributed by atoms with Crippen LogP contribution in [0, 0.1) is 25.2 Å². The molecule has 1 N–H and O–H groups in total. The lowest BCUT2D eigenvalue weighted by Crippen LogP contribution is -2.37. The number of rotatable bonds is 7. The van der Waals surface area contributed by atoms with Crippen molar-refractivity contribution < 1.29 is 14.3 Å². The minimum absolute atomic E-state index is 0.0403. The number of nitrogens with zero attached hydrogens (tertiary/aromatic N) is 2. The smallest absolute Gasteiger partial charge is 0.306 e. The Morgan fingerprint density at radius 1 is 1.24 bits per heavy atom. The van der Waals surface area contributed by atoms with Gasteiger partial charge in [-0.2, -0.15) is 5.26 Å². The molecule has 0 aliphatic heterocycles. The zero-order chi connectivity index (χ0) is 21.6. The van der Waals surface area contributed by atoms with Crippen LogP contribution in [0.25, 0.3) is 0 Å². The predicted molar refractivity (Wildman–Crippen MR) is 108 cm³/mol. The Morgan fingerprint density at radius 3 is 2.52 bits per heavy atom. The van der Waals surface area contributed by atoms with Gasteiger partial charge in [0.25, 0.3) is 11.5 Å². The van der Waals surface area contributed by atoms with E-state index in [4.69, 9.17) is 10.00 Å². The van der Waals surface area contributed by atoms with Crippen LogP contribution < -0.4 is 5.56 Å². The number of ether oxygens (including phenoxy) is 1. The van der Waals surface area contributed by atoms with Gasteiger partial charge >= 0.3 is 5.97 Å². The molecule has 0 unspecified atom stereocenters. The number of hydrogen-bond donors (Lipinski definition) is 1. The molecule has 0 saturated heterocycles. The highest BCUT2D eigenvalue weighted by Gasteiger charge is 2.22. The van der Waals surface area contributed by atoms with E-state index < -0.39 is 17.6 Å². The molecule has 0 spiro atoms. The lowest BCUT2D eigenvalue weighted by Gasteiger charge is -2.21. The fourth-order valence-electron chi connectivity index (χ4n) is 3.20. The second-order valence-corrected chi connectivity index (χ2v) is 6.98. The maximum atomic E-state index is 12.5. The summed E-state index contributed by atoms with van der Waals surface area (Å²) in [5.74, 6) is -0.798. The van der Waals surface area contributed by atoms with Gasteiger partial charge in [-0.15, -0.1) is 0 Å². The van der Waals surface area contributed by atoms with Crippen molar-refractivity contribution in [3.8, 4) is 6.07 Å². The van der Waals surface area contributed by atoms with Gasteiger partial charge in [0.2, 0.25) is 0 Å². The van der Waals surface area contributed by atoms with Gasteiger partial charge in [0, 0.05) is 25.7 Å². The largest absolute Gasteiger partial charge is 0.453 e. The highest BCUT2D eigenvalue weighted by Crippen LogP contribution is 2.15. The van der Waals surface area contributed by atoms with E-state index in [2.05, 4.69) is 4.98 Å².